The van der Waals surface area contributed by atoms with Gasteiger partial charge in [0.15, 0.2) is 0 Å². The lowest BCUT2D eigenvalue weighted by Crippen LogP contribution is -2.39. The number of fused-ring (bicyclic) bond motifs is 1. The number of thiophene rings is 1. The summed E-state index contributed by atoms with van der Waals surface area (Å²) in [6.07, 6.45) is 5.21. The van der Waals surface area contributed by atoms with Crippen molar-refractivity contribution in [3.05, 3.63) is 70.0 Å². The molecule has 1 amide bonds. The minimum Gasteiger partial charge on any atom is -0.460 e. The molecule has 3 aromatic rings. The number of benzene rings is 1. The van der Waals surface area contributed by atoms with Gasteiger partial charge in [-0.15, -0.1) is 21.5 Å². The number of carbonyl (C=O) groups excluding carboxylic acids is 2. The van der Waals surface area contributed by atoms with E-state index in [1.54, 1.807) is 12.4 Å². The van der Waals surface area contributed by atoms with Crippen molar-refractivity contribution in [1.29, 1.82) is 0 Å². The summed E-state index contributed by atoms with van der Waals surface area (Å²) >= 11 is 1.48. The van der Waals surface area contributed by atoms with Gasteiger partial charge in [-0.1, -0.05) is 24.3 Å². The third-order valence-electron chi connectivity index (χ3n) is 5.57. The summed E-state index contributed by atoms with van der Waals surface area (Å²) in [6.45, 7) is 1.02. The Kier molecular flexibility index (Phi) is 7.65. The quantitative estimate of drug-likeness (QED) is 0.264. The van der Waals surface area contributed by atoms with Crippen LogP contribution in [0.25, 0.3) is 10.1 Å². The van der Waals surface area contributed by atoms with E-state index in [1.165, 1.54) is 11.3 Å². The number of amides is 1. The Balaban J connectivity index is 1.23. The number of aromatic nitrogens is 1. The zero-order valence-corrected chi connectivity index (χ0v) is 19.2. The van der Waals surface area contributed by atoms with Crippen molar-refractivity contribution in [3.63, 3.8) is 0 Å². The molecule has 0 radical (unpaired) electrons. The second-order valence-corrected chi connectivity index (χ2v) is 9.01. The van der Waals surface area contributed by atoms with Crippen LogP contribution in [-0.4, -0.2) is 52.6 Å². The number of likely N-dealkylation sites (tertiary alicyclic amines) is 1. The Morgan fingerprint density at radius 3 is 2.79 bits per heavy atom. The topological polar surface area (TPSA) is 124 Å². The van der Waals surface area contributed by atoms with E-state index in [2.05, 4.69) is 15.1 Å². The van der Waals surface area contributed by atoms with Crippen molar-refractivity contribution < 1.29 is 24.3 Å². The Labute approximate surface area is 199 Å². The van der Waals surface area contributed by atoms with Gasteiger partial charge in [0.1, 0.15) is 19.3 Å². The number of rotatable bonds is 10. The number of pyridine rings is 1. The highest BCUT2D eigenvalue weighted by Gasteiger charge is 2.31. The number of esters is 1. The molecule has 4 rings (SSSR count). The first-order chi connectivity index (χ1) is 16.5. The first-order valence-corrected chi connectivity index (χ1v) is 11.7. The molecule has 178 valence electrons. The predicted molar refractivity (Wildman–Crippen MR) is 126 cm³/mol. The Morgan fingerprint density at radius 1 is 1.24 bits per heavy atom. The highest BCUT2D eigenvalue weighted by molar-refractivity contribution is 7.22. The number of nitrogens with zero attached hydrogens (tertiary/aromatic N) is 3. The lowest BCUT2D eigenvalue weighted by Gasteiger charge is -2.22. The lowest BCUT2D eigenvalue weighted by molar-refractivity contribution is -0.757. The number of anilines is 1. The maximum Gasteiger partial charge on any atom is 0.323 e. The van der Waals surface area contributed by atoms with Gasteiger partial charge in [-0.3, -0.25) is 19.5 Å². The van der Waals surface area contributed by atoms with Crippen molar-refractivity contribution in [2.45, 2.75) is 31.9 Å². The smallest absolute Gasteiger partial charge is 0.323 e. The molecule has 0 aliphatic carbocycles. The van der Waals surface area contributed by atoms with Gasteiger partial charge in [-0.05, 0) is 48.0 Å². The fourth-order valence-corrected chi connectivity index (χ4v) is 4.86. The van der Waals surface area contributed by atoms with E-state index in [-0.39, 0.29) is 31.5 Å². The molecule has 1 aromatic carbocycles. The van der Waals surface area contributed by atoms with Crippen LogP contribution in [0.2, 0.25) is 0 Å². The van der Waals surface area contributed by atoms with Gasteiger partial charge >= 0.3 is 5.97 Å². The summed E-state index contributed by atoms with van der Waals surface area (Å²) in [7, 11) is 0. The molecule has 1 aliphatic rings. The maximum absolute atomic E-state index is 12.5. The van der Waals surface area contributed by atoms with Crippen molar-refractivity contribution >= 4 is 38.3 Å². The van der Waals surface area contributed by atoms with Crippen LogP contribution in [0.3, 0.4) is 0 Å². The fraction of sp³-hybridized carbons (Fsp3) is 0.348. The van der Waals surface area contributed by atoms with Crippen LogP contribution in [0, 0.1) is 10.1 Å². The van der Waals surface area contributed by atoms with Gasteiger partial charge in [-0.2, -0.15) is 0 Å². The SMILES string of the molecule is O=C(Cc1ccc(COC(=O)[C@@H]2CCCN2CCO[N+](=O)[O-])cc1)Nc1cc2ccncc2s1. The summed E-state index contributed by atoms with van der Waals surface area (Å²) in [5.74, 6) is -0.457. The molecule has 1 aliphatic heterocycles. The predicted octanol–water partition coefficient (Wildman–Crippen LogP) is 3.19. The molecular weight excluding hydrogens is 460 g/mol. The molecule has 1 saturated heterocycles. The third-order valence-corrected chi connectivity index (χ3v) is 6.57. The average Bonchev–Trinajstić information content (AvgIpc) is 3.44. The van der Waals surface area contributed by atoms with Crippen LogP contribution in [0.5, 0.6) is 0 Å². The zero-order valence-electron chi connectivity index (χ0n) is 18.3. The largest absolute Gasteiger partial charge is 0.460 e. The van der Waals surface area contributed by atoms with E-state index in [1.807, 2.05) is 41.3 Å². The molecule has 0 bridgehead atoms. The van der Waals surface area contributed by atoms with Crippen LogP contribution in [0.1, 0.15) is 24.0 Å². The molecule has 10 nitrogen and oxygen atoms in total. The molecule has 11 heteroatoms. The van der Waals surface area contributed by atoms with Gasteiger partial charge in [0.2, 0.25) is 5.91 Å². The first kappa shape index (κ1) is 23.6. The standard InChI is InChI=1S/C23H24N4O6S/c28-21(25-22-13-18-7-8-24-14-20(18)34-22)12-16-3-5-17(6-4-16)15-32-23(29)19-2-1-9-26(19)10-11-33-27(30)31/h3-8,13-14,19H,1-2,9-12,15H2,(H,25,28)/t19-/m0/s1. The fourth-order valence-electron chi connectivity index (χ4n) is 3.91. The monoisotopic (exact) mass is 484 g/mol. The normalized spacial score (nSPS) is 15.8. The summed E-state index contributed by atoms with van der Waals surface area (Å²) in [4.78, 5) is 45.5. The van der Waals surface area contributed by atoms with E-state index in [0.29, 0.717) is 19.5 Å². The van der Waals surface area contributed by atoms with Crippen molar-refractivity contribution in [2.24, 2.45) is 0 Å². The summed E-state index contributed by atoms with van der Waals surface area (Å²) < 4.78 is 6.48. The molecule has 0 spiro atoms. The number of hydrogen-bond donors (Lipinski definition) is 1. The Morgan fingerprint density at radius 2 is 2.03 bits per heavy atom. The summed E-state index contributed by atoms with van der Waals surface area (Å²) in [5.41, 5.74) is 1.67. The average molecular weight is 485 g/mol. The van der Waals surface area contributed by atoms with Gasteiger partial charge in [0, 0.05) is 18.9 Å². The van der Waals surface area contributed by atoms with Crippen molar-refractivity contribution in [3.8, 4) is 0 Å². The van der Waals surface area contributed by atoms with Crippen LogP contribution in [0.15, 0.2) is 48.8 Å². The molecule has 1 atom stereocenters. The van der Waals surface area contributed by atoms with Crippen molar-refractivity contribution in [2.75, 3.05) is 25.0 Å². The molecule has 0 saturated carbocycles. The second kappa shape index (κ2) is 11.0. The number of carbonyl (C=O) groups is 2. The maximum atomic E-state index is 12.5. The first-order valence-electron chi connectivity index (χ1n) is 10.9. The van der Waals surface area contributed by atoms with Gasteiger partial charge < -0.3 is 14.9 Å². The van der Waals surface area contributed by atoms with Gasteiger partial charge in [0.05, 0.1) is 16.1 Å². The van der Waals surface area contributed by atoms with E-state index in [9.17, 15) is 19.7 Å². The highest BCUT2D eigenvalue weighted by Crippen LogP contribution is 2.28. The minimum absolute atomic E-state index is 0.0774. The molecule has 34 heavy (non-hydrogen) atoms. The van der Waals surface area contributed by atoms with Crippen molar-refractivity contribution in [1.82, 2.24) is 9.88 Å². The third kappa shape index (κ3) is 6.27. The number of hydrogen-bond acceptors (Lipinski definition) is 9. The molecular formula is C23H24N4O6S. The van der Waals surface area contributed by atoms with Gasteiger partial charge in [0.25, 0.3) is 5.09 Å². The van der Waals surface area contributed by atoms with E-state index in [4.69, 9.17) is 4.74 Å². The molecule has 0 unspecified atom stereocenters. The zero-order chi connectivity index (χ0) is 23.9. The van der Waals surface area contributed by atoms with Crippen LogP contribution in [0.4, 0.5) is 5.00 Å². The molecule has 1 N–H and O–H groups in total. The minimum atomic E-state index is -0.835. The Hall–Kier alpha value is -3.57. The van der Waals surface area contributed by atoms with E-state index >= 15 is 0 Å². The van der Waals surface area contributed by atoms with Crippen LogP contribution >= 0.6 is 11.3 Å². The highest BCUT2D eigenvalue weighted by atomic mass is 32.1. The number of nitrogens with one attached hydrogen (secondary N) is 1. The summed E-state index contributed by atoms with van der Waals surface area (Å²) in [6, 6.07) is 10.8. The summed E-state index contributed by atoms with van der Waals surface area (Å²) in [5, 5.41) is 14.2. The molecule has 3 heterocycles. The second-order valence-electron chi connectivity index (χ2n) is 7.92. The molecule has 1 fully saturated rings. The lowest BCUT2D eigenvalue weighted by atomic mass is 10.1. The van der Waals surface area contributed by atoms with Crippen LogP contribution in [-0.2, 0) is 32.2 Å². The van der Waals surface area contributed by atoms with Gasteiger partial charge in [-0.25, -0.2) is 0 Å². The van der Waals surface area contributed by atoms with E-state index in [0.717, 1.165) is 32.6 Å². The number of ether oxygens (including phenoxy) is 1. The molecule has 2 aromatic heterocycles. The Bertz CT molecular complexity index is 1130. The van der Waals surface area contributed by atoms with E-state index < -0.39 is 11.1 Å². The van der Waals surface area contributed by atoms with Crippen LogP contribution < -0.4 is 5.32 Å².